The number of nitrogens with one attached hydrogen (secondary N) is 1. The molecule has 2 rings (SSSR count). The minimum absolute atomic E-state index is 0.0209. The van der Waals surface area contributed by atoms with E-state index in [1.807, 2.05) is 18.4 Å². The van der Waals surface area contributed by atoms with Crippen LogP contribution in [-0.2, 0) is 6.42 Å². The highest BCUT2D eigenvalue weighted by molar-refractivity contribution is 7.10. The van der Waals surface area contributed by atoms with E-state index in [1.54, 1.807) is 17.4 Å². The Hall–Kier alpha value is -2.34. The number of phenols is 2. The molecule has 0 spiro atoms. The molecule has 5 nitrogen and oxygen atoms in total. The maximum atomic E-state index is 12.1. The zero-order valence-corrected chi connectivity index (χ0v) is 14.0. The largest absolute Gasteiger partial charge is 0.508 e. The Morgan fingerprint density at radius 1 is 1.26 bits per heavy atom. The number of hydrazone groups is 1. The third kappa shape index (κ3) is 4.32. The average molecular weight is 332 g/mol. The number of nitrogens with zero attached hydrogens (tertiary/aromatic N) is 1. The van der Waals surface area contributed by atoms with Crippen LogP contribution in [0.4, 0.5) is 0 Å². The van der Waals surface area contributed by atoms with E-state index in [2.05, 4.69) is 17.5 Å². The van der Waals surface area contributed by atoms with Crippen LogP contribution in [0.5, 0.6) is 11.5 Å². The van der Waals surface area contributed by atoms with Crippen molar-refractivity contribution in [2.75, 3.05) is 0 Å². The summed E-state index contributed by atoms with van der Waals surface area (Å²) >= 11 is 1.57. The molecule has 0 unspecified atom stereocenters. The summed E-state index contributed by atoms with van der Waals surface area (Å²) in [6, 6.07) is 6.17. The molecule has 1 amide bonds. The van der Waals surface area contributed by atoms with Crippen molar-refractivity contribution >= 4 is 23.0 Å². The third-order valence-corrected chi connectivity index (χ3v) is 4.33. The molecule has 2 aromatic rings. The van der Waals surface area contributed by atoms with E-state index in [0.29, 0.717) is 23.3 Å². The van der Waals surface area contributed by atoms with Crippen molar-refractivity contribution in [1.29, 1.82) is 0 Å². The average Bonchev–Trinajstić information content (AvgIpc) is 2.98. The minimum atomic E-state index is -0.271. The number of aryl methyl sites for hydroxylation is 1. The normalized spacial score (nSPS) is 11.5. The van der Waals surface area contributed by atoms with E-state index in [-0.39, 0.29) is 17.4 Å². The van der Waals surface area contributed by atoms with Gasteiger partial charge in [0.2, 0.25) is 0 Å². The van der Waals surface area contributed by atoms with Crippen molar-refractivity contribution in [3.8, 4) is 11.5 Å². The van der Waals surface area contributed by atoms with Gasteiger partial charge in [0.05, 0.1) is 11.3 Å². The number of hydrogen-bond acceptors (Lipinski definition) is 5. The molecule has 0 saturated heterocycles. The Bertz CT molecular complexity index is 722. The van der Waals surface area contributed by atoms with E-state index >= 15 is 0 Å². The van der Waals surface area contributed by atoms with E-state index in [4.69, 9.17) is 0 Å². The summed E-state index contributed by atoms with van der Waals surface area (Å²) in [7, 11) is 0. The predicted molar refractivity (Wildman–Crippen MR) is 92.4 cm³/mol. The Morgan fingerprint density at radius 3 is 2.70 bits per heavy atom. The van der Waals surface area contributed by atoms with Gasteiger partial charge in [-0.3, -0.25) is 4.79 Å². The van der Waals surface area contributed by atoms with Crippen molar-refractivity contribution in [1.82, 2.24) is 5.43 Å². The SMILES string of the molecule is CCCc1cc(C(=O)N/N=C(/CC)c2ccc(O)cc2O)cs1. The molecular weight excluding hydrogens is 312 g/mol. The van der Waals surface area contributed by atoms with Crippen LogP contribution in [0.1, 0.15) is 47.5 Å². The fourth-order valence-electron chi connectivity index (χ4n) is 2.15. The predicted octanol–water partition coefficient (Wildman–Crippen LogP) is 3.66. The van der Waals surface area contributed by atoms with Gasteiger partial charge in [0.25, 0.3) is 5.91 Å². The molecule has 3 N–H and O–H groups in total. The molecule has 1 heterocycles. The fraction of sp³-hybridized carbons (Fsp3) is 0.294. The lowest BCUT2D eigenvalue weighted by Gasteiger charge is -2.07. The highest BCUT2D eigenvalue weighted by Crippen LogP contribution is 2.24. The minimum Gasteiger partial charge on any atom is -0.508 e. The molecule has 0 aliphatic carbocycles. The topological polar surface area (TPSA) is 81.9 Å². The van der Waals surface area contributed by atoms with Crippen LogP contribution in [0.25, 0.3) is 0 Å². The van der Waals surface area contributed by atoms with Crippen molar-refractivity contribution in [2.24, 2.45) is 5.10 Å². The van der Waals surface area contributed by atoms with Gasteiger partial charge in [0, 0.05) is 21.9 Å². The molecule has 0 radical (unpaired) electrons. The Kier molecular flexibility index (Phi) is 5.76. The van der Waals surface area contributed by atoms with Crippen molar-refractivity contribution in [2.45, 2.75) is 33.1 Å². The summed E-state index contributed by atoms with van der Waals surface area (Å²) in [5, 5.41) is 25.2. The first-order chi connectivity index (χ1) is 11.0. The molecule has 0 fully saturated rings. The van der Waals surface area contributed by atoms with Crippen LogP contribution in [-0.4, -0.2) is 21.8 Å². The summed E-state index contributed by atoms with van der Waals surface area (Å²) in [6.45, 7) is 3.97. The Morgan fingerprint density at radius 2 is 2.04 bits per heavy atom. The maximum Gasteiger partial charge on any atom is 0.272 e. The number of benzene rings is 1. The lowest BCUT2D eigenvalue weighted by molar-refractivity contribution is 0.0955. The number of aromatic hydroxyl groups is 2. The monoisotopic (exact) mass is 332 g/mol. The first-order valence-corrected chi connectivity index (χ1v) is 8.39. The molecule has 0 saturated carbocycles. The first-order valence-electron chi connectivity index (χ1n) is 7.51. The number of rotatable bonds is 6. The zero-order valence-electron chi connectivity index (χ0n) is 13.2. The third-order valence-electron chi connectivity index (χ3n) is 3.33. The van der Waals surface area contributed by atoms with Gasteiger partial charge in [-0.2, -0.15) is 5.10 Å². The molecule has 1 aromatic carbocycles. The van der Waals surface area contributed by atoms with Crippen LogP contribution in [0.2, 0.25) is 0 Å². The van der Waals surface area contributed by atoms with Crippen LogP contribution in [0.15, 0.2) is 34.7 Å². The second-order valence-corrected chi connectivity index (χ2v) is 6.10. The zero-order chi connectivity index (χ0) is 16.8. The smallest absolute Gasteiger partial charge is 0.272 e. The van der Waals surface area contributed by atoms with E-state index < -0.39 is 0 Å². The van der Waals surface area contributed by atoms with Gasteiger partial charge in [-0.25, -0.2) is 5.43 Å². The van der Waals surface area contributed by atoms with Gasteiger partial charge in [0.15, 0.2) is 0 Å². The highest BCUT2D eigenvalue weighted by Gasteiger charge is 2.11. The van der Waals surface area contributed by atoms with Gasteiger partial charge in [0.1, 0.15) is 11.5 Å². The van der Waals surface area contributed by atoms with Crippen LogP contribution >= 0.6 is 11.3 Å². The van der Waals surface area contributed by atoms with Gasteiger partial charge in [-0.15, -0.1) is 11.3 Å². The summed E-state index contributed by atoms with van der Waals surface area (Å²) in [5.74, 6) is -0.360. The lowest BCUT2D eigenvalue weighted by atomic mass is 10.1. The van der Waals surface area contributed by atoms with Gasteiger partial charge in [-0.05, 0) is 31.0 Å². The van der Waals surface area contributed by atoms with Crippen LogP contribution in [0, 0.1) is 0 Å². The van der Waals surface area contributed by atoms with Crippen LogP contribution < -0.4 is 5.43 Å². The summed E-state index contributed by atoms with van der Waals surface area (Å²) < 4.78 is 0. The van der Waals surface area contributed by atoms with Crippen molar-refractivity contribution in [3.63, 3.8) is 0 Å². The molecule has 0 aliphatic heterocycles. The highest BCUT2D eigenvalue weighted by atomic mass is 32.1. The number of phenolic OH excluding ortho intramolecular Hbond substituents is 2. The number of carbonyl (C=O) groups excluding carboxylic acids is 1. The molecule has 0 bridgehead atoms. The number of thiophene rings is 1. The molecule has 0 aliphatic rings. The fourth-order valence-corrected chi connectivity index (χ4v) is 3.12. The van der Waals surface area contributed by atoms with E-state index in [9.17, 15) is 15.0 Å². The van der Waals surface area contributed by atoms with Gasteiger partial charge >= 0.3 is 0 Å². The quantitative estimate of drug-likeness (QED) is 0.558. The molecule has 6 heteroatoms. The number of amides is 1. The number of hydrogen-bond donors (Lipinski definition) is 3. The number of carbonyl (C=O) groups is 1. The standard InChI is InChI=1S/C17H20N2O3S/c1-3-5-13-8-11(10-23-13)17(22)19-18-15(4-2)14-7-6-12(20)9-16(14)21/h6-10,20-21H,3-5H2,1-2H3,(H,19,22)/b18-15-. The Labute approximate surface area is 139 Å². The van der Waals surface area contributed by atoms with Gasteiger partial charge in [-0.1, -0.05) is 20.3 Å². The summed E-state index contributed by atoms with van der Waals surface area (Å²) in [5.41, 5.74) is 4.15. The first kappa shape index (κ1) is 17.0. The molecule has 122 valence electrons. The molecule has 23 heavy (non-hydrogen) atoms. The molecule has 0 atom stereocenters. The lowest BCUT2D eigenvalue weighted by Crippen LogP contribution is -2.19. The summed E-state index contributed by atoms with van der Waals surface area (Å²) in [6.07, 6.45) is 2.53. The van der Waals surface area contributed by atoms with Gasteiger partial charge < -0.3 is 10.2 Å². The molecular formula is C17H20N2O3S. The van der Waals surface area contributed by atoms with Crippen molar-refractivity contribution < 1.29 is 15.0 Å². The van der Waals surface area contributed by atoms with E-state index in [0.717, 1.165) is 12.8 Å². The second-order valence-electron chi connectivity index (χ2n) is 5.11. The maximum absolute atomic E-state index is 12.1. The second kappa shape index (κ2) is 7.78. The van der Waals surface area contributed by atoms with E-state index in [1.165, 1.54) is 17.0 Å². The van der Waals surface area contributed by atoms with Crippen LogP contribution in [0.3, 0.4) is 0 Å². The summed E-state index contributed by atoms with van der Waals surface area (Å²) in [4.78, 5) is 13.3. The Balaban J connectivity index is 2.13. The van der Waals surface area contributed by atoms with Crippen molar-refractivity contribution in [3.05, 3.63) is 45.6 Å². The molecule has 1 aromatic heterocycles.